The molecule has 112 valence electrons. The van der Waals surface area contributed by atoms with Crippen LogP contribution in [0.5, 0.6) is 0 Å². The number of nitrogens with one attached hydrogen (secondary N) is 2. The molecule has 0 radical (unpaired) electrons. The average Bonchev–Trinajstić information content (AvgIpc) is 2.43. The summed E-state index contributed by atoms with van der Waals surface area (Å²) in [5.41, 5.74) is 0.116. The van der Waals surface area contributed by atoms with Crippen molar-refractivity contribution in [3.05, 3.63) is 47.4 Å². The Balaban J connectivity index is 2.41. The lowest BCUT2D eigenvalue weighted by Gasteiger charge is -2.12. The maximum absolute atomic E-state index is 13.6. The van der Waals surface area contributed by atoms with E-state index in [1.54, 1.807) is 12.1 Å². The highest BCUT2D eigenvalue weighted by molar-refractivity contribution is 7.92. The predicted octanol–water partition coefficient (Wildman–Crippen LogP) is 3.11. The van der Waals surface area contributed by atoms with Crippen LogP contribution in [0.2, 0.25) is 5.02 Å². The van der Waals surface area contributed by atoms with Crippen molar-refractivity contribution in [1.82, 2.24) is 4.98 Å². The van der Waals surface area contributed by atoms with Crippen LogP contribution in [0.25, 0.3) is 0 Å². The Hall–Kier alpha value is -1.86. The van der Waals surface area contributed by atoms with E-state index >= 15 is 0 Å². The third-order valence-corrected chi connectivity index (χ3v) is 4.12. The number of sulfonamides is 1. The Labute approximate surface area is 127 Å². The molecule has 2 aromatic rings. The Kier molecular flexibility index (Phi) is 4.64. The van der Waals surface area contributed by atoms with Crippen LogP contribution in [-0.4, -0.2) is 19.9 Å². The van der Waals surface area contributed by atoms with Gasteiger partial charge in [-0.15, -0.1) is 0 Å². The van der Waals surface area contributed by atoms with Crippen LogP contribution in [0.1, 0.15) is 6.92 Å². The first-order valence-corrected chi connectivity index (χ1v) is 7.97. The van der Waals surface area contributed by atoms with E-state index in [1.165, 1.54) is 18.3 Å². The van der Waals surface area contributed by atoms with Crippen molar-refractivity contribution in [2.45, 2.75) is 11.9 Å². The zero-order valence-electron chi connectivity index (χ0n) is 11.1. The molecule has 0 aliphatic carbocycles. The molecule has 21 heavy (non-hydrogen) atoms. The van der Waals surface area contributed by atoms with E-state index in [9.17, 15) is 12.8 Å². The maximum atomic E-state index is 13.6. The van der Waals surface area contributed by atoms with Gasteiger partial charge in [-0.1, -0.05) is 11.6 Å². The normalized spacial score (nSPS) is 11.2. The summed E-state index contributed by atoms with van der Waals surface area (Å²) in [4.78, 5) is 3.85. The summed E-state index contributed by atoms with van der Waals surface area (Å²) in [7, 11) is -4.03. The minimum Gasteiger partial charge on any atom is -0.383 e. The molecule has 0 spiro atoms. The number of nitrogens with zero attached hydrogens (tertiary/aromatic N) is 1. The van der Waals surface area contributed by atoms with E-state index in [0.717, 1.165) is 6.07 Å². The van der Waals surface area contributed by atoms with Gasteiger partial charge in [-0.05, 0) is 37.3 Å². The first-order valence-electron chi connectivity index (χ1n) is 6.11. The zero-order chi connectivity index (χ0) is 15.5. The van der Waals surface area contributed by atoms with Gasteiger partial charge in [0.25, 0.3) is 10.0 Å². The molecule has 0 amide bonds. The molecule has 5 nitrogen and oxygen atoms in total. The number of hydrogen-bond donors (Lipinski definition) is 2. The number of hydrogen-bond acceptors (Lipinski definition) is 4. The molecule has 0 unspecified atom stereocenters. The first kappa shape index (κ1) is 15.5. The van der Waals surface area contributed by atoms with E-state index in [-0.39, 0.29) is 15.7 Å². The van der Waals surface area contributed by atoms with Crippen LogP contribution in [-0.2, 0) is 10.0 Å². The largest absolute Gasteiger partial charge is 0.383 e. The van der Waals surface area contributed by atoms with E-state index in [0.29, 0.717) is 12.2 Å². The average molecular weight is 330 g/mol. The van der Waals surface area contributed by atoms with Gasteiger partial charge in [-0.2, -0.15) is 8.42 Å². The lowest BCUT2D eigenvalue weighted by atomic mass is 10.3. The molecule has 0 atom stereocenters. The first-order chi connectivity index (χ1) is 9.94. The third kappa shape index (κ3) is 3.62. The second-order valence-corrected chi connectivity index (χ2v) is 6.15. The van der Waals surface area contributed by atoms with Crippen molar-refractivity contribution in [1.29, 1.82) is 0 Å². The highest BCUT2D eigenvalue weighted by atomic mass is 35.5. The summed E-state index contributed by atoms with van der Waals surface area (Å²) in [5, 5.41) is 2.91. The number of rotatable bonds is 5. The van der Waals surface area contributed by atoms with E-state index in [2.05, 4.69) is 15.0 Å². The highest BCUT2D eigenvalue weighted by Gasteiger charge is 2.21. The minimum absolute atomic E-state index is 0.203. The van der Waals surface area contributed by atoms with Crippen LogP contribution >= 0.6 is 11.6 Å². The van der Waals surface area contributed by atoms with Crippen molar-refractivity contribution < 1.29 is 12.8 Å². The molecule has 0 bridgehead atoms. The Bertz CT molecular complexity index is 753. The van der Waals surface area contributed by atoms with Crippen molar-refractivity contribution >= 4 is 33.0 Å². The monoisotopic (exact) mass is 329 g/mol. The SMILES string of the molecule is CCNc1cccnc1S(=O)(=O)Nc1cc(Cl)ccc1F. The van der Waals surface area contributed by atoms with E-state index < -0.39 is 15.8 Å². The summed E-state index contributed by atoms with van der Waals surface area (Å²) in [6.07, 6.45) is 1.35. The highest BCUT2D eigenvalue weighted by Crippen LogP contribution is 2.25. The van der Waals surface area contributed by atoms with Gasteiger partial charge < -0.3 is 5.32 Å². The van der Waals surface area contributed by atoms with Crippen LogP contribution in [0.15, 0.2) is 41.6 Å². The Morgan fingerprint density at radius 2 is 2.05 bits per heavy atom. The fourth-order valence-corrected chi connectivity index (χ4v) is 3.04. The van der Waals surface area contributed by atoms with Crippen LogP contribution < -0.4 is 10.0 Å². The smallest absolute Gasteiger partial charge is 0.281 e. The van der Waals surface area contributed by atoms with Crippen molar-refractivity contribution in [2.24, 2.45) is 0 Å². The van der Waals surface area contributed by atoms with Crippen LogP contribution in [0.4, 0.5) is 15.8 Å². The summed E-state index contributed by atoms with van der Waals surface area (Å²) in [6.45, 7) is 2.35. The van der Waals surface area contributed by atoms with Crippen molar-refractivity contribution in [3.8, 4) is 0 Å². The third-order valence-electron chi connectivity index (χ3n) is 2.57. The van der Waals surface area contributed by atoms with Crippen molar-refractivity contribution in [2.75, 3.05) is 16.6 Å². The predicted molar refractivity (Wildman–Crippen MR) is 80.6 cm³/mol. The lowest BCUT2D eigenvalue weighted by molar-refractivity contribution is 0.595. The Morgan fingerprint density at radius 1 is 1.29 bits per heavy atom. The molecule has 0 aliphatic heterocycles. The molecule has 2 N–H and O–H groups in total. The Morgan fingerprint density at radius 3 is 2.76 bits per heavy atom. The molecule has 1 aromatic heterocycles. The number of anilines is 2. The summed E-state index contributed by atoms with van der Waals surface area (Å²) >= 11 is 5.74. The fourth-order valence-electron chi connectivity index (χ4n) is 1.70. The number of halogens is 2. The van der Waals surface area contributed by atoms with Gasteiger partial charge in [0.1, 0.15) is 5.82 Å². The van der Waals surface area contributed by atoms with Gasteiger partial charge in [-0.3, -0.25) is 4.72 Å². The molecular formula is C13H13ClFN3O2S. The molecule has 1 heterocycles. The fraction of sp³-hybridized carbons (Fsp3) is 0.154. The zero-order valence-corrected chi connectivity index (χ0v) is 12.7. The van der Waals surface area contributed by atoms with Gasteiger partial charge >= 0.3 is 0 Å². The van der Waals surface area contributed by atoms with E-state index in [1.807, 2.05) is 6.92 Å². The number of aromatic nitrogens is 1. The van der Waals surface area contributed by atoms with Gasteiger partial charge in [-0.25, -0.2) is 9.37 Å². The maximum Gasteiger partial charge on any atom is 0.281 e. The molecule has 8 heteroatoms. The van der Waals surface area contributed by atoms with Crippen molar-refractivity contribution in [3.63, 3.8) is 0 Å². The minimum atomic E-state index is -4.03. The lowest BCUT2D eigenvalue weighted by Crippen LogP contribution is -2.17. The molecule has 0 saturated carbocycles. The number of benzene rings is 1. The number of pyridine rings is 1. The quantitative estimate of drug-likeness (QED) is 0.884. The van der Waals surface area contributed by atoms with Gasteiger partial charge in [0.05, 0.1) is 11.4 Å². The van der Waals surface area contributed by atoms with Gasteiger partial charge in [0, 0.05) is 17.8 Å². The van der Waals surface area contributed by atoms with Gasteiger partial charge in [0.15, 0.2) is 5.03 Å². The molecular weight excluding hydrogens is 317 g/mol. The summed E-state index contributed by atoms with van der Waals surface area (Å²) in [5.74, 6) is -0.719. The summed E-state index contributed by atoms with van der Waals surface area (Å²) in [6, 6.07) is 6.81. The molecule has 0 saturated heterocycles. The van der Waals surface area contributed by atoms with E-state index in [4.69, 9.17) is 11.6 Å². The molecule has 2 rings (SSSR count). The standard InChI is InChI=1S/C13H13ClFN3O2S/c1-2-16-11-4-3-7-17-13(11)21(19,20)18-12-8-9(14)5-6-10(12)15/h3-8,16,18H,2H2,1H3. The molecule has 0 fully saturated rings. The van der Waals surface area contributed by atoms with Crippen LogP contribution in [0.3, 0.4) is 0 Å². The molecule has 1 aromatic carbocycles. The molecule has 0 aliphatic rings. The second-order valence-electron chi connectivity index (χ2n) is 4.12. The topological polar surface area (TPSA) is 71.1 Å². The van der Waals surface area contributed by atoms with Crippen LogP contribution in [0, 0.1) is 5.82 Å². The second kappa shape index (κ2) is 6.28. The van der Waals surface area contributed by atoms with Gasteiger partial charge in [0.2, 0.25) is 0 Å². The summed E-state index contributed by atoms with van der Waals surface area (Å²) < 4.78 is 40.5.